The molecule has 2 heterocycles. The summed E-state index contributed by atoms with van der Waals surface area (Å²) in [6.45, 7) is 1.72. The molecule has 0 radical (unpaired) electrons. The SMILES string of the molecule is CCOC(=O)Oc1cn(-c2ccccc2F)c2nc(N(C)C)ccc2c1=O. The number of fused-ring (bicyclic) bond motifs is 1. The fourth-order valence-corrected chi connectivity index (χ4v) is 2.56. The van der Waals surface area contributed by atoms with E-state index in [2.05, 4.69) is 4.98 Å². The van der Waals surface area contributed by atoms with E-state index in [1.165, 1.54) is 22.9 Å². The molecule has 0 N–H and O–H groups in total. The summed E-state index contributed by atoms with van der Waals surface area (Å²) in [5.41, 5.74) is -0.129. The predicted octanol–water partition coefficient (Wildman–Crippen LogP) is 3.13. The second-order valence-electron chi connectivity index (χ2n) is 5.86. The van der Waals surface area contributed by atoms with Crippen molar-refractivity contribution in [2.75, 3.05) is 25.6 Å². The maximum atomic E-state index is 14.4. The zero-order chi connectivity index (χ0) is 19.6. The molecule has 0 aliphatic rings. The van der Waals surface area contributed by atoms with Crippen LogP contribution in [0, 0.1) is 5.82 Å². The number of carbonyl (C=O) groups is 1. The maximum absolute atomic E-state index is 14.4. The highest BCUT2D eigenvalue weighted by Crippen LogP contribution is 2.23. The second-order valence-corrected chi connectivity index (χ2v) is 5.86. The fraction of sp³-hybridized carbons (Fsp3) is 0.211. The van der Waals surface area contributed by atoms with Gasteiger partial charge in [0.1, 0.15) is 11.6 Å². The van der Waals surface area contributed by atoms with Crippen LogP contribution in [0.1, 0.15) is 6.92 Å². The van der Waals surface area contributed by atoms with E-state index in [9.17, 15) is 14.0 Å². The van der Waals surface area contributed by atoms with Gasteiger partial charge in [0.2, 0.25) is 5.43 Å². The molecule has 2 aromatic heterocycles. The van der Waals surface area contributed by atoms with Crippen LogP contribution >= 0.6 is 0 Å². The number of benzene rings is 1. The standard InChI is InChI=1S/C19H18FN3O4/c1-4-26-19(25)27-15-11-23(14-8-6-5-7-13(14)20)18-12(17(15)24)9-10-16(21-18)22(2)3/h5-11H,4H2,1-3H3. The van der Waals surface area contributed by atoms with Gasteiger partial charge >= 0.3 is 6.16 Å². The molecule has 140 valence electrons. The van der Waals surface area contributed by atoms with E-state index in [-0.39, 0.29) is 29.1 Å². The monoisotopic (exact) mass is 371 g/mol. The zero-order valence-corrected chi connectivity index (χ0v) is 15.1. The van der Waals surface area contributed by atoms with E-state index in [0.29, 0.717) is 5.82 Å². The largest absolute Gasteiger partial charge is 0.514 e. The van der Waals surface area contributed by atoms with Gasteiger partial charge in [-0.2, -0.15) is 0 Å². The lowest BCUT2D eigenvalue weighted by molar-refractivity contribution is 0.104. The molecule has 0 aliphatic carbocycles. The Balaban J connectivity index is 2.30. The van der Waals surface area contributed by atoms with Crippen LogP contribution in [-0.2, 0) is 4.74 Å². The van der Waals surface area contributed by atoms with Crippen molar-refractivity contribution in [3.63, 3.8) is 0 Å². The Hall–Kier alpha value is -3.42. The highest BCUT2D eigenvalue weighted by molar-refractivity contribution is 5.81. The van der Waals surface area contributed by atoms with E-state index >= 15 is 0 Å². The summed E-state index contributed by atoms with van der Waals surface area (Å²) in [6, 6.07) is 9.26. The van der Waals surface area contributed by atoms with Crippen LogP contribution in [-0.4, -0.2) is 36.4 Å². The fourth-order valence-electron chi connectivity index (χ4n) is 2.56. The Morgan fingerprint density at radius 3 is 2.63 bits per heavy atom. The van der Waals surface area contributed by atoms with Crippen molar-refractivity contribution in [3.8, 4) is 11.4 Å². The first kappa shape index (κ1) is 18.4. The Morgan fingerprint density at radius 1 is 1.22 bits per heavy atom. The molecule has 0 amide bonds. The molecule has 0 fully saturated rings. The third-order valence-corrected chi connectivity index (χ3v) is 3.83. The highest BCUT2D eigenvalue weighted by atomic mass is 19.1. The maximum Gasteiger partial charge on any atom is 0.514 e. The number of hydrogen-bond donors (Lipinski definition) is 0. The lowest BCUT2D eigenvalue weighted by atomic mass is 10.2. The van der Waals surface area contributed by atoms with Crippen molar-refractivity contribution in [2.45, 2.75) is 6.92 Å². The molecule has 3 rings (SSSR count). The van der Waals surface area contributed by atoms with Crippen LogP contribution in [0.25, 0.3) is 16.7 Å². The van der Waals surface area contributed by atoms with E-state index in [1.54, 1.807) is 50.2 Å². The average molecular weight is 371 g/mol. The van der Waals surface area contributed by atoms with Crippen molar-refractivity contribution in [2.24, 2.45) is 0 Å². The van der Waals surface area contributed by atoms with Crippen LogP contribution in [0.5, 0.6) is 5.75 Å². The van der Waals surface area contributed by atoms with Crippen molar-refractivity contribution >= 4 is 23.0 Å². The Kier molecular flexibility index (Phi) is 5.07. The molecule has 0 bridgehead atoms. The van der Waals surface area contributed by atoms with E-state index < -0.39 is 17.4 Å². The van der Waals surface area contributed by atoms with Crippen LogP contribution in [0.4, 0.5) is 15.0 Å². The number of ether oxygens (including phenoxy) is 2. The molecular formula is C19H18FN3O4. The first-order valence-corrected chi connectivity index (χ1v) is 8.25. The Bertz CT molecular complexity index is 1060. The van der Waals surface area contributed by atoms with Crippen molar-refractivity contribution in [1.29, 1.82) is 0 Å². The normalized spacial score (nSPS) is 10.7. The molecule has 1 aromatic carbocycles. The summed E-state index contributed by atoms with van der Waals surface area (Å²) >= 11 is 0. The number of carbonyl (C=O) groups excluding carboxylic acids is 1. The van der Waals surface area contributed by atoms with Crippen molar-refractivity contribution < 1.29 is 18.7 Å². The first-order valence-electron chi connectivity index (χ1n) is 8.25. The molecule has 7 nitrogen and oxygen atoms in total. The Morgan fingerprint density at radius 2 is 1.96 bits per heavy atom. The van der Waals surface area contributed by atoms with Gasteiger partial charge in [-0.1, -0.05) is 12.1 Å². The van der Waals surface area contributed by atoms with E-state index in [0.717, 1.165) is 0 Å². The summed E-state index contributed by atoms with van der Waals surface area (Å²) in [7, 11) is 3.61. The zero-order valence-electron chi connectivity index (χ0n) is 15.1. The third-order valence-electron chi connectivity index (χ3n) is 3.83. The molecule has 0 aliphatic heterocycles. The summed E-state index contributed by atoms with van der Waals surface area (Å²) in [6.07, 6.45) is 0.235. The van der Waals surface area contributed by atoms with Crippen molar-refractivity contribution in [1.82, 2.24) is 9.55 Å². The number of pyridine rings is 2. The minimum Gasteiger partial charge on any atom is -0.434 e. The number of halogens is 1. The number of nitrogens with zero attached hydrogens (tertiary/aromatic N) is 3. The lowest BCUT2D eigenvalue weighted by Gasteiger charge is -2.16. The molecule has 0 atom stereocenters. The van der Waals surface area contributed by atoms with Gasteiger partial charge in [0.15, 0.2) is 11.4 Å². The highest BCUT2D eigenvalue weighted by Gasteiger charge is 2.18. The molecule has 0 spiro atoms. The molecule has 27 heavy (non-hydrogen) atoms. The summed E-state index contributed by atoms with van der Waals surface area (Å²) < 4.78 is 25.5. The molecule has 0 unspecified atom stereocenters. The van der Waals surface area contributed by atoms with Gasteiger partial charge in [-0.3, -0.25) is 9.36 Å². The van der Waals surface area contributed by atoms with Crippen LogP contribution in [0.3, 0.4) is 0 Å². The van der Waals surface area contributed by atoms with Gasteiger partial charge in [0.05, 0.1) is 23.9 Å². The van der Waals surface area contributed by atoms with Crippen LogP contribution in [0.15, 0.2) is 47.4 Å². The molecule has 3 aromatic rings. The number of anilines is 1. The molecule has 8 heteroatoms. The number of hydrogen-bond acceptors (Lipinski definition) is 6. The quantitative estimate of drug-likeness (QED) is 0.656. The number of para-hydroxylation sites is 1. The third kappa shape index (κ3) is 3.59. The van der Waals surface area contributed by atoms with Gasteiger partial charge in [0, 0.05) is 14.1 Å². The van der Waals surface area contributed by atoms with Gasteiger partial charge in [-0.15, -0.1) is 0 Å². The van der Waals surface area contributed by atoms with Gasteiger partial charge < -0.3 is 14.4 Å². The van der Waals surface area contributed by atoms with E-state index in [4.69, 9.17) is 9.47 Å². The number of rotatable bonds is 4. The smallest absolute Gasteiger partial charge is 0.434 e. The lowest BCUT2D eigenvalue weighted by Crippen LogP contribution is -2.19. The van der Waals surface area contributed by atoms with Gasteiger partial charge in [-0.05, 0) is 31.2 Å². The predicted molar refractivity (Wildman–Crippen MR) is 99.3 cm³/mol. The van der Waals surface area contributed by atoms with Crippen LogP contribution < -0.4 is 15.1 Å². The topological polar surface area (TPSA) is 73.7 Å². The number of aromatic nitrogens is 2. The molecule has 0 saturated carbocycles. The minimum absolute atomic E-state index is 0.0989. The minimum atomic E-state index is -1.01. The molecule has 0 saturated heterocycles. The second kappa shape index (κ2) is 7.45. The Labute approximate surface area is 154 Å². The summed E-state index contributed by atoms with van der Waals surface area (Å²) in [4.78, 5) is 30.6. The average Bonchev–Trinajstić information content (AvgIpc) is 2.64. The summed E-state index contributed by atoms with van der Waals surface area (Å²) in [5.74, 6) is -0.198. The van der Waals surface area contributed by atoms with Gasteiger partial charge in [0.25, 0.3) is 0 Å². The van der Waals surface area contributed by atoms with Gasteiger partial charge in [-0.25, -0.2) is 14.2 Å². The van der Waals surface area contributed by atoms with E-state index in [1.807, 2.05) is 0 Å². The van der Waals surface area contributed by atoms with Crippen LogP contribution in [0.2, 0.25) is 0 Å². The summed E-state index contributed by atoms with van der Waals surface area (Å²) in [5, 5.41) is 0.186. The van der Waals surface area contributed by atoms with Crippen molar-refractivity contribution in [3.05, 3.63) is 58.6 Å². The molecular weight excluding hydrogens is 353 g/mol. The first-order chi connectivity index (χ1) is 12.9.